The molecule has 0 bridgehead atoms. The molecule has 0 saturated carbocycles. The number of nitro benzene ring substituents is 1. The first-order chi connectivity index (χ1) is 8.58. The fourth-order valence-corrected chi connectivity index (χ4v) is 1.67. The van der Waals surface area contributed by atoms with Crippen LogP contribution in [0.5, 0.6) is 5.75 Å². The predicted molar refractivity (Wildman–Crippen MR) is 67.4 cm³/mol. The molecule has 96 valence electrons. The van der Waals surface area contributed by atoms with E-state index in [1.165, 1.54) is 18.2 Å². The molecule has 5 heteroatoms. The summed E-state index contributed by atoms with van der Waals surface area (Å²) in [7, 11) is 0. The van der Waals surface area contributed by atoms with Gasteiger partial charge in [0, 0.05) is 12.1 Å². The summed E-state index contributed by atoms with van der Waals surface area (Å²) in [5.74, 6) is 0.927. The summed E-state index contributed by atoms with van der Waals surface area (Å²) in [6.45, 7) is 4.74. The van der Waals surface area contributed by atoms with Crippen molar-refractivity contribution in [2.75, 3.05) is 6.61 Å². The molecule has 0 heterocycles. The van der Waals surface area contributed by atoms with Crippen LogP contribution in [0.2, 0.25) is 0 Å². The molecule has 0 spiro atoms. The Hall–Kier alpha value is -2.09. The highest BCUT2D eigenvalue weighted by Crippen LogP contribution is 2.23. The maximum absolute atomic E-state index is 10.7. The van der Waals surface area contributed by atoms with Gasteiger partial charge in [0.25, 0.3) is 5.69 Å². The SMILES string of the molecule is CCCC(C)COc1ccc([N+](=O)[O-])c(C#N)c1. The molecule has 1 rings (SSSR count). The smallest absolute Gasteiger partial charge is 0.287 e. The fraction of sp³-hybridized carbons (Fsp3) is 0.462. The Bertz CT molecular complexity index is 466. The molecule has 5 nitrogen and oxygen atoms in total. The molecule has 0 amide bonds. The molecule has 0 N–H and O–H groups in total. The predicted octanol–water partition coefficient (Wildman–Crippen LogP) is 3.28. The number of ether oxygens (including phenoxy) is 1. The van der Waals surface area contributed by atoms with Crippen molar-refractivity contribution in [2.45, 2.75) is 26.7 Å². The molecule has 18 heavy (non-hydrogen) atoms. The van der Waals surface area contributed by atoms with Gasteiger partial charge in [0.05, 0.1) is 11.5 Å². The Morgan fingerprint density at radius 1 is 1.56 bits per heavy atom. The molecule has 0 aromatic heterocycles. The minimum absolute atomic E-state index is 0.0284. The molecule has 1 aromatic carbocycles. The number of rotatable bonds is 6. The molecule has 0 aliphatic rings. The van der Waals surface area contributed by atoms with Gasteiger partial charge < -0.3 is 4.74 Å². The van der Waals surface area contributed by atoms with Gasteiger partial charge in [0.1, 0.15) is 17.4 Å². The lowest BCUT2D eigenvalue weighted by Gasteiger charge is -2.12. The van der Waals surface area contributed by atoms with Crippen LogP contribution in [0.1, 0.15) is 32.3 Å². The number of nitriles is 1. The van der Waals surface area contributed by atoms with Crippen LogP contribution in [0.15, 0.2) is 18.2 Å². The van der Waals surface area contributed by atoms with Crippen LogP contribution in [-0.4, -0.2) is 11.5 Å². The number of benzene rings is 1. The Morgan fingerprint density at radius 2 is 2.28 bits per heavy atom. The van der Waals surface area contributed by atoms with Crippen LogP contribution in [0.3, 0.4) is 0 Å². The standard InChI is InChI=1S/C13H16N2O3/c1-3-4-10(2)9-18-12-5-6-13(15(16)17)11(7-12)8-14/h5-7,10H,3-4,9H2,1-2H3. The van der Waals surface area contributed by atoms with Crippen molar-refractivity contribution in [2.24, 2.45) is 5.92 Å². The van der Waals surface area contributed by atoms with Crippen molar-refractivity contribution in [3.8, 4) is 11.8 Å². The monoisotopic (exact) mass is 248 g/mol. The maximum Gasteiger partial charge on any atom is 0.287 e. The molecular weight excluding hydrogens is 232 g/mol. The average molecular weight is 248 g/mol. The summed E-state index contributed by atoms with van der Waals surface area (Å²) in [6, 6.07) is 6.05. The maximum atomic E-state index is 10.7. The number of nitrogens with zero attached hydrogens (tertiary/aromatic N) is 2. The molecule has 1 unspecified atom stereocenters. The Balaban J connectivity index is 2.75. The number of hydrogen-bond acceptors (Lipinski definition) is 4. The molecular formula is C13H16N2O3. The number of hydrogen-bond donors (Lipinski definition) is 0. The first-order valence-corrected chi connectivity index (χ1v) is 5.89. The molecule has 0 aliphatic heterocycles. The molecule has 0 aliphatic carbocycles. The molecule has 0 fully saturated rings. The highest BCUT2D eigenvalue weighted by atomic mass is 16.6. The van der Waals surface area contributed by atoms with Crippen molar-refractivity contribution in [3.63, 3.8) is 0 Å². The van der Waals surface area contributed by atoms with Crippen molar-refractivity contribution in [3.05, 3.63) is 33.9 Å². The summed E-state index contributed by atoms with van der Waals surface area (Å²) in [5, 5.41) is 19.5. The summed E-state index contributed by atoms with van der Waals surface area (Å²) in [4.78, 5) is 10.1. The van der Waals surface area contributed by atoms with Crippen LogP contribution in [-0.2, 0) is 0 Å². The zero-order valence-corrected chi connectivity index (χ0v) is 10.5. The Morgan fingerprint density at radius 3 is 2.83 bits per heavy atom. The van der Waals surface area contributed by atoms with Crippen molar-refractivity contribution >= 4 is 5.69 Å². The van der Waals surface area contributed by atoms with Crippen molar-refractivity contribution in [1.82, 2.24) is 0 Å². The third-order valence-corrected chi connectivity index (χ3v) is 2.60. The quantitative estimate of drug-likeness (QED) is 0.571. The third kappa shape index (κ3) is 3.74. The van der Waals surface area contributed by atoms with Crippen molar-refractivity contribution < 1.29 is 9.66 Å². The van der Waals surface area contributed by atoms with E-state index in [0.29, 0.717) is 18.3 Å². The summed E-state index contributed by atoms with van der Waals surface area (Å²) >= 11 is 0. The minimum atomic E-state index is -0.567. The van der Waals surface area contributed by atoms with Gasteiger partial charge >= 0.3 is 0 Å². The fourth-order valence-electron chi connectivity index (χ4n) is 1.67. The lowest BCUT2D eigenvalue weighted by atomic mass is 10.1. The third-order valence-electron chi connectivity index (χ3n) is 2.60. The highest BCUT2D eigenvalue weighted by Gasteiger charge is 2.14. The second-order valence-electron chi connectivity index (χ2n) is 4.25. The topological polar surface area (TPSA) is 76.2 Å². The van der Waals surface area contributed by atoms with E-state index >= 15 is 0 Å². The normalized spacial score (nSPS) is 11.6. The van der Waals surface area contributed by atoms with Gasteiger partial charge in [-0.3, -0.25) is 10.1 Å². The van der Waals surface area contributed by atoms with Crippen LogP contribution < -0.4 is 4.74 Å². The summed E-state index contributed by atoms with van der Waals surface area (Å²) in [5.41, 5.74) is -0.160. The first kappa shape index (κ1) is 14.0. The van der Waals surface area contributed by atoms with E-state index in [1.807, 2.05) is 6.07 Å². The van der Waals surface area contributed by atoms with Crippen LogP contribution in [0, 0.1) is 27.4 Å². The van der Waals surface area contributed by atoms with Gasteiger partial charge in [-0.1, -0.05) is 20.3 Å². The van der Waals surface area contributed by atoms with Gasteiger partial charge in [0.15, 0.2) is 0 Å². The van der Waals surface area contributed by atoms with Gasteiger partial charge in [-0.05, 0) is 18.4 Å². The summed E-state index contributed by atoms with van der Waals surface area (Å²) < 4.78 is 5.52. The van der Waals surface area contributed by atoms with E-state index in [1.54, 1.807) is 0 Å². The molecule has 1 atom stereocenters. The second-order valence-corrected chi connectivity index (χ2v) is 4.25. The van der Waals surface area contributed by atoms with E-state index in [9.17, 15) is 10.1 Å². The van der Waals surface area contributed by atoms with Gasteiger partial charge in [0.2, 0.25) is 0 Å². The van der Waals surface area contributed by atoms with E-state index in [2.05, 4.69) is 13.8 Å². The van der Waals surface area contributed by atoms with Crippen molar-refractivity contribution in [1.29, 1.82) is 5.26 Å². The van der Waals surface area contributed by atoms with Crippen LogP contribution >= 0.6 is 0 Å². The lowest BCUT2D eigenvalue weighted by molar-refractivity contribution is -0.385. The van der Waals surface area contributed by atoms with Gasteiger partial charge in [-0.2, -0.15) is 5.26 Å². The van der Waals surface area contributed by atoms with Crippen LogP contribution in [0.25, 0.3) is 0 Å². The zero-order chi connectivity index (χ0) is 13.5. The van der Waals surface area contributed by atoms with E-state index in [4.69, 9.17) is 10.00 Å². The molecule has 1 aromatic rings. The van der Waals surface area contributed by atoms with E-state index < -0.39 is 4.92 Å². The van der Waals surface area contributed by atoms with E-state index in [-0.39, 0.29) is 11.3 Å². The van der Waals surface area contributed by atoms with Crippen LogP contribution in [0.4, 0.5) is 5.69 Å². The average Bonchev–Trinajstić information content (AvgIpc) is 2.36. The van der Waals surface area contributed by atoms with E-state index in [0.717, 1.165) is 12.8 Å². The highest BCUT2D eigenvalue weighted by molar-refractivity contribution is 5.52. The first-order valence-electron chi connectivity index (χ1n) is 5.89. The zero-order valence-electron chi connectivity index (χ0n) is 10.5. The minimum Gasteiger partial charge on any atom is -0.493 e. The second kappa shape index (κ2) is 6.60. The van der Waals surface area contributed by atoms with Gasteiger partial charge in [-0.25, -0.2) is 0 Å². The number of nitro groups is 1. The molecule has 0 radical (unpaired) electrons. The lowest BCUT2D eigenvalue weighted by Crippen LogP contribution is -2.08. The largest absolute Gasteiger partial charge is 0.493 e. The Labute approximate surface area is 106 Å². The Kier molecular flexibility index (Phi) is 5.12. The summed E-state index contributed by atoms with van der Waals surface area (Å²) in [6.07, 6.45) is 2.16. The molecule has 0 saturated heterocycles. The van der Waals surface area contributed by atoms with Gasteiger partial charge in [-0.15, -0.1) is 0 Å².